The van der Waals surface area contributed by atoms with Gasteiger partial charge in [0.05, 0.1) is 17.5 Å². The third-order valence-electron chi connectivity index (χ3n) is 2.51. The van der Waals surface area contributed by atoms with E-state index in [-0.39, 0.29) is 5.56 Å². The fraction of sp³-hybridized carbons (Fsp3) is 0.0714. The van der Waals surface area contributed by atoms with E-state index in [1.54, 1.807) is 24.3 Å². The molecular weight excluding hydrogens is 289 g/mol. The van der Waals surface area contributed by atoms with E-state index in [0.29, 0.717) is 10.7 Å². The number of rotatable bonds is 3. The molecule has 0 unspecified atom stereocenters. The third kappa shape index (κ3) is 3.74. The Morgan fingerprint density at radius 1 is 1.00 bits per heavy atom. The summed E-state index contributed by atoms with van der Waals surface area (Å²) in [5.74, 6) is 0. The van der Waals surface area contributed by atoms with Gasteiger partial charge >= 0.3 is 6.18 Å². The van der Waals surface area contributed by atoms with Gasteiger partial charge in [0.2, 0.25) is 0 Å². The molecule has 104 valence electrons. The van der Waals surface area contributed by atoms with E-state index in [0.717, 1.165) is 12.3 Å². The number of benzene rings is 2. The summed E-state index contributed by atoms with van der Waals surface area (Å²) in [6.07, 6.45) is -3.26. The van der Waals surface area contributed by atoms with Crippen LogP contribution in [-0.2, 0) is 6.18 Å². The molecule has 0 radical (unpaired) electrons. The van der Waals surface area contributed by atoms with Gasteiger partial charge in [0.15, 0.2) is 0 Å². The molecule has 2 nitrogen and oxygen atoms in total. The maximum absolute atomic E-state index is 12.7. The van der Waals surface area contributed by atoms with Crippen LogP contribution >= 0.6 is 11.6 Å². The average Bonchev–Trinajstić information content (AvgIpc) is 2.40. The Balaban J connectivity index is 2.14. The molecule has 0 fully saturated rings. The molecule has 6 heteroatoms. The van der Waals surface area contributed by atoms with Crippen molar-refractivity contribution in [2.75, 3.05) is 5.43 Å². The van der Waals surface area contributed by atoms with Crippen molar-refractivity contribution in [1.82, 2.24) is 0 Å². The molecule has 2 aromatic rings. The Hall–Kier alpha value is -2.01. The minimum Gasteiger partial charge on any atom is -0.279 e. The van der Waals surface area contributed by atoms with E-state index in [1.807, 2.05) is 0 Å². The van der Waals surface area contributed by atoms with Crippen LogP contribution in [0.5, 0.6) is 0 Å². The van der Waals surface area contributed by atoms with E-state index in [2.05, 4.69) is 10.5 Å². The van der Waals surface area contributed by atoms with Crippen molar-refractivity contribution in [3.8, 4) is 0 Å². The maximum Gasteiger partial charge on any atom is 0.417 e. The zero-order chi connectivity index (χ0) is 14.6. The number of alkyl halides is 3. The number of halogens is 4. The van der Waals surface area contributed by atoms with E-state index < -0.39 is 11.7 Å². The van der Waals surface area contributed by atoms with Crippen LogP contribution in [0.4, 0.5) is 18.9 Å². The summed E-state index contributed by atoms with van der Waals surface area (Å²) in [6.45, 7) is 0. The topological polar surface area (TPSA) is 24.4 Å². The molecule has 0 saturated carbocycles. The Labute approximate surface area is 118 Å². The van der Waals surface area contributed by atoms with Gasteiger partial charge in [-0.05, 0) is 30.3 Å². The lowest BCUT2D eigenvalue weighted by molar-refractivity contribution is -0.137. The molecule has 0 aliphatic rings. The SMILES string of the molecule is FC(F)(F)c1ccccc1/C=N/Nc1ccc(Cl)cc1. The fourth-order valence-electron chi connectivity index (χ4n) is 1.57. The van der Waals surface area contributed by atoms with Crippen LogP contribution in [0.1, 0.15) is 11.1 Å². The van der Waals surface area contributed by atoms with Gasteiger partial charge in [-0.25, -0.2) is 0 Å². The number of hydrogen-bond acceptors (Lipinski definition) is 2. The lowest BCUT2D eigenvalue weighted by Crippen LogP contribution is -2.08. The van der Waals surface area contributed by atoms with Gasteiger partial charge in [0, 0.05) is 10.6 Å². The van der Waals surface area contributed by atoms with Gasteiger partial charge in [0.25, 0.3) is 0 Å². The second-order valence-corrected chi connectivity index (χ2v) is 4.40. The quantitative estimate of drug-likeness (QED) is 0.638. The van der Waals surface area contributed by atoms with Gasteiger partial charge in [-0.3, -0.25) is 5.43 Å². The molecule has 0 aliphatic carbocycles. The van der Waals surface area contributed by atoms with Gasteiger partial charge in [-0.1, -0.05) is 29.8 Å². The summed E-state index contributed by atoms with van der Waals surface area (Å²) in [5.41, 5.74) is 2.56. The van der Waals surface area contributed by atoms with E-state index in [4.69, 9.17) is 11.6 Å². The van der Waals surface area contributed by atoms with E-state index in [9.17, 15) is 13.2 Å². The first-order valence-corrected chi connectivity index (χ1v) is 6.05. The summed E-state index contributed by atoms with van der Waals surface area (Å²) < 4.78 is 38.2. The highest BCUT2D eigenvalue weighted by atomic mass is 35.5. The highest BCUT2D eigenvalue weighted by Crippen LogP contribution is 2.31. The first-order valence-electron chi connectivity index (χ1n) is 5.68. The molecular formula is C14H10ClF3N2. The molecule has 0 atom stereocenters. The van der Waals surface area contributed by atoms with Crippen molar-refractivity contribution in [2.24, 2.45) is 5.10 Å². The smallest absolute Gasteiger partial charge is 0.279 e. The van der Waals surface area contributed by atoms with Crippen LogP contribution in [-0.4, -0.2) is 6.21 Å². The van der Waals surface area contributed by atoms with Gasteiger partial charge in [0.1, 0.15) is 0 Å². The number of nitrogens with one attached hydrogen (secondary N) is 1. The first-order chi connectivity index (χ1) is 9.47. The monoisotopic (exact) mass is 298 g/mol. The van der Waals surface area contributed by atoms with Crippen LogP contribution in [0.15, 0.2) is 53.6 Å². The Morgan fingerprint density at radius 3 is 2.30 bits per heavy atom. The highest BCUT2D eigenvalue weighted by molar-refractivity contribution is 6.30. The highest BCUT2D eigenvalue weighted by Gasteiger charge is 2.32. The van der Waals surface area contributed by atoms with Gasteiger partial charge < -0.3 is 0 Å². The summed E-state index contributed by atoms with van der Waals surface area (Å²) in [7, 11) is 0. The van der Waals surface area contributed by atoms with Crippen LogP contribution in [0.2, 0.25) is 5.02 Å². The predicted molar refractivity (Wildman–Crippen MR) is 74.1 cm³/mol. The molecule has 0 saturated heterocycles. The second-order valence-electron chi connectivity index (χ2n) is 3.96. The van der Waals surface area contributed by atoms with Crippen molar-refractivity contribution in [3.63, 3.8) is 0 Å². The zero-order valence-electron chi connectivity index (χ0n) is 10.2. The molecule has 0 aliphatic heterocycles. The molecule has 0 bridgehead atoms. The summed E-state index contributed by atoms with van der Waals surface area (Å²) in [4.78, 5) is 0. The van der Waals surface area contributed by atoms with Crippen molar-refractivity contribution in [2.45, 2.75) is 6.18 Å². The van der Waals surface area contributed by atoms with Crippen LogP contribution in [0, 0.1) is 0 Å². The second kappa shape index (κ2) is 5.96. The number of hydrazone groups is 1. The molecule has 0 aromatic heterocycles. The molecule has 2 aromatic carbocycles. The van der Waals surface area contributed by atoms with Crippen LogP contribution < -0.4 is 5.43 Å². The predicted octanol–water partition coefficient (Wildman–Crippen LogP) is 4.80. The van der Waals surface area contributed by atoms with E-state index >= 15 is 0 Å². The van der Waals surface area contributed by atoms with Crippen molar-refractivity contribution in [1.29, 1.82) is 0 Å². The van der Waals surface area contributed by atoms with Crippen molar-refractivity contribution < 1.29 is 13.2 Å². The molecule has 2 rings (SSSR count). The third-order valence-corrected chi connectivity index (χ3v) is 2.76. The lowest BCUT2D eigenvalue weighted by Gasteiger charge is -2.09. The first kappa shape index (κ1) is 14.4. The molecule has 1 N–H and O–H groups in total. The Morgan fingerprint density at radius 2 is 1.65 bits per heavy atom. The Bertz CT molecular complexity index is 607. The summed E-state index contributed by atoms with van der Waals surface area (Å²) in [6, 6.07) is 11.9. The largest absolute Gasteiger partial charge is 0.417 e. The maximum atomic E-state index is 12.7. The van der Waals surface area contributed by atoms with Crippen molar-refractivity contribution >= 4 is 23.5 Å². The van der Waals surface area contributed by atoms with Gasteiger partial charge in [-0.2, -0.15) is 18.3 Å². The minimum atomic E-state index is -4.40. The summed E-state index contributed by atoms with van der Waals surface area (Å²) in [5, 5.41) is 4.37. The lowest BCUT2D eigenvalue weighted by atomic mass is 10.1. The number of hydrogen-bond donors (Lipinski definition) is 1. The van der Waals surface area contributed by atoms with E-state index in [1.165, 1.54) is 18.2 Å². The number of nitrogens with zero attached hydrogens (tertiary/aromatic N) is 1. The van der Waals surface area contributed by atoms with Crippen LogP contribution in [0.3, 0.4) is 0 Å². The summed E-state index contributed by atoms with van der Waals surface area (Å²) >= 11 is 5.72. The fourth-order valence-corrected chi connectivity index (χ4v) is 1.69. The van der Waals surface area contributed by atoms with Gasteiger partial charge in [-0.15, -0.1) is 0 Å². The number of anilines is 1. The minimum absolute atomic E-state index is 0.00136. The zero-order valence-corrected chi connectivity index (χ0v) is 10.9. The molecule has 0 amide bonds. The normalized spacial score (nSPS) is 11.8. The molecule has 0 spiro atoms. The molecule has 20 heavy (non-hydrogen) atoms. The Kier molecular flexibility index (Phi) is 4.29. The molecule has 0 heterocycles. The van der Waals surface area contributed by atoms with Crippen LogP contribution in [0.25, 0.3) is 0 Å². The average molecular weight is 299 g/mol. The van der Waals surface area contributed by atoms with Crippen molar-refractivity contribution in [3.05, 3.63) is 64.7 Å². The standard InChI is InChI=1S/C14H10ClF3N2/c15-11-5-7-12(8-6-11)20-19-9-10-3-1-2-4-13(10)14(16,17)18/h1-9,20H/b19-9+.